The van der Waals surface area contributed by atoms with Gasteiger partial charge in [-0.1, -0.05) is 26.7 Å². The van der Waals surface area contributed by atoms with Crippen molar-refractivity contribution in [3.8, 4) is 0 Å². The number of nitrogens with two attached hydrogens (primary N) is 1. The lowest BCUT2D eigenvalue weighted by Gasteiger charge is -2.53. The van der Waals surface area contributed by atoms with Gasteiger partial charge < -0.3 is 10.5 Å². The van der Waals surface area contributed by atoms with Crippen LogP contribution in [0.25, 0.3) is 0 Å². The summed E-state index contributed by atoms with van der Waals surface area (Å²) >= 11 is 0. The van der Waals surface area contributed by atoms with Gasteiger partial charge in [0, 0.05) is 18.1 Å². The van der Waals surface area contributed by atoms with Crippen LogP contribution in [0.2, 0.25) is 0 Å². The van der Waals surface area contributed by atoms with Gasteiger partial charge in [-0.15, -0.1) is 0 Å². The monoisotopic (exact) mass is 211 g/mol. The minimum absolute atomic E-state index is 0.0195. The Morgan fingerprint density at radius 3 is 2.47 bits per heavy atom. The van der Waals surface area contributed by atoms with E-state index in [1.807, 2.05) is 0 Å². The maximum atomic E-state index is 6.73. The van der Waals surface area contributed by atoms with Gasteiger partial charge in [0.15, 0.2) is 0 Å². The lowest BCUT2D eigenvalue weighted by Crippen LogP contribution is -2.61. The van der Waals surface area contributed by atoms with E-state index in [1.54, 1.807) is 0 Å². The van der Waals surface area contributed by atoms with Gasteiger partial charge in [0.1, 0.15) is 0 Å². The minimum atomic E-state index is 0.0195. The first-order valence-corrected chi connectivity index (χ1v) is 6.43. The molecule has 2 rings (SSSR count). The van der Waals surface area contributed by atoms with Gasteiger partial charge in [0.25, 0.3) is 0 Å². The Bertz CT molecular complexity index is 221. The molecule has 15 heavy (non-hydrogen) atoms. The molecule has 0 amide bonds. The van der Waals surface area contributed by atoms with Crippen molar-refractivity contribution < 1.29 is 4.74 Å². The lowest BCUT2D eigenvalue weighted by atomic mass is 9.57. The molecule has 2 fully saturated rings. The summed E-state index contributed by atoms with van der Waals surface area (Å²) in [5.41, 5.74) is 7.04. The molecule has 88 valence electrons. The second kappa shape index (κ2) is 4.06. The van der Waals surface area contributed by atoms with Crippen LogP contribution in [0.4, 0.5) is 0 Å². The first kappa shape index (κ1) is 11.4. The van der Waals surface area contributed by atoms with Crippen LogP contribution in [0, 0.1) is 11.3 Å². The maximum Gasteiger partial charge on any atom is 0.0512 e. The quantitative estimate of drug-likeness (QED) is 0.724. The standard InChI is InChI=1S/C13H25NO/c1-12(2)7-3-4-8-13(12,14)11-6-5-9-15-10-11/h11H,3-10,14H2,1-2H3. The summed E-state index contributed by atoms with van der Waals surface area (Å²) in [6, 6.07) is 0. The highest BCUT2D eigenvalue weighted by Crippen LogP contribution is 2.48. The van der Waals surface area contributed by atoms with Crippen molar-refractivity contribution in [1.82, 2.24) is 0 Å². The third-order valence-corrected chi connectivity index (χ3v) is 4.79. The zero-order valence-corrected chi connectivity index (χ0v) is 10.2. The molecular weight excluding hydrogens is 186 g/mol. The molecule has 0 radical (unpaired) electrons. The van der Waals surface area contributed by atoms with E-state index in [1.165, 1.54) is 38.5 Å². The van der Waals surface area contributed by atoms with Crippen LogP contribution >= 0.6 is 0 Å². The van der Waals surface area contributed by atoms with E-state index in [2.05, 4.69) is 13.8 Å². The van der Waals surface area contributed by atoms with Gasteiger partial charge >= 0.3 is 0 Å². The normalized spacial score (nSPS) is 41.4. The highest BCUT2D eigenvalue weighted by atomic mass is 16.5. The average Bonchev–Trinajstić information content (AvgIpc) is 2.24. The molecule has 2 N–H and O–H groups in total. The van der Waals surface area contributed by atoms with E-state index in [0.29, 0.717) is 5.92 Å². The third kappa shape index (κ3) is 1.94. The molecule has 2 heteroatoms. The van der Waals surface area contributed by atoms with Crippen molar-refractivity contribution in [2.75, 3.05) is 13.2 Å². The van der Waals surface area contributed by atoms with Gasteiger partial charge in [-0.3, -0.25) is 0 Å². The molecule has 0 aromatic carbocycles. The summed E-state index contributed by atoms with van der Waals surface area (Å²) in [4.78, 5) is 0. The molecule has 0 aromatic rings. The van der Waals surface area contributed by atoms with Crippen molar-refractivity contribution in [3.63, 3.8) is 0 Å². The van der Waals surface area contributed by atoms with E-state index in [9.17, 15) is 0 Å². The Hall–Kier alpha value is -0.0800. The Morgan fingerprint density at radius 1 is 1.13 bits per heavy atom. The highest BCUT2D eigenvalue weighted by Gasteiger charge is 2.48. The zero-order valence-electron chi connectivity index (χ0n) is 10.2. The van der Waals surface area contributed by atoms with Gasteiger partial charge in [0.2, 0.25) is 0 Å². The predicted molar refractivity (Wildman–Crippen MR) is 62.7 cm³/mol. The fourth-order valence-corrected chi connectivity index (χ4v) is 3.46. The lowest BCUT2D eigenvalue weighted by molar-refractivity contribution is -0.0369. The predicted octanol–water partition coefficient (Wildman–Crippen LogP) is 2.71. The zero-order chi connectivity index (χ0) is 10.9. The summed E-state index contributed by atoms with van der Waals surface area (Å²) in [7, 11) is 0. The van der Waals surface area contributed by atoms with E-state index < -0.39 is 0 Å². The molecule has 0 aromatic heterocycles. The molecule has 1 saturated heterocycles. The van der Waals surface area contributed by atoms with Crippen LogP contribution in [0.5, 0.6) is 0 Å². The molecule has 2 unspecified atom stereocenters. The Balaban J connectivity index is 2.14. The van der Waals surface area contributed by atoms with Crippen molar-refractivity contribution >= 4 is 0 Å². The first-order valence-electron chi connectivity index (χ1n) is 6.43. The van der Waals surface area contributed by atoms with Crippen molar-refractivity contribution in [1.29, 1.82) is 0 Å². The fraction of sp³-hybridized carbons (Fsp3) is 1.00. The number of rotatable bonds is 1. The summed E-state index contributed by atoms with van der Waals surface area (Å²) in [5, 5.41) is 0. The maximum absolute atomic E-state index is 6.73. The smallest absolute Gasteiger partial charge is 0.0512 e. The van der Waals surface area contributed by atoms with E-state index >= 15 is 0 Å². The second-order valence-corrected chi connectivity index (χ2v) is 6.05. The summed E-state index contributed by atoms with van der Waals surface area (Å²) < 4.78 is 5.61. The molecule has 2 atom stereocenters. The molecule has 1 aliphatic carbocycles. The van der Waals surface area contributed by atoms with E-state index in [-0.39, 0.29) is 11.0 Å². The second-order valence-electron chi connectivity index (χ2n) is 6.05. The van der Waals surface area contributed by atoms with Crippen LogP contribution < -0.4 is 5.73 Å². The van der Waals surface area contributed by atoms with Crippen LogP contribution in [0.1, 0.15) is 52.4 Å². The number of hydrogen-bond acceptors (Lipinski definition) is 2. The average molecular weight is 211 g/mol. The summed E-state index contributed by atoms with van der Waals surface area (Å²) in [6.07, 6.45) is 7.57. The molecule has 1 heterocycles. The van der Waals surface area contributed by atoms with E-state index in [4.69, 9.17) is 10.5 Å². The third-order valence-electron chi connectivity index (χ3n) is 4.79. The fourth-order valence-electron chi connectivity index (χ4n) is 3.46. The van der Waals surface area contributed by atoms with Crippen molar-refractivity contribution in [2.45, 2.75) is 57.9 Å². The van der Waals surface area contributed by atoms with E-state index in [0.717, 1.165) is 13.2 Å². The molecule has 0 spiro atoms. The summed E-state index contributed by atoms with van der Waals surface area (Å²) in [5.74, 6) is 0.585. The molecule has 0 bridgehead atoms. The van der Waals surface area contributed by atoms with Crippen LogP contribution in [0.15, 0.2) is 0 Å². The van der Waals surface area contributed by atoms with Crippen molar-refractivity contribution in [2.24, 2.45) is 17.1 Å². The van der Waals surface area contributed by atoms with Gasteiger partial charge in [0.05, 0.1) is 6.61 Å². The van der Waals surface area contributed by atoms with Gasteiger partial charge in [-0.25, -0.2) is 0 Å². The Morgan fingerprint density at radius 2 is 1.87 bits per heavy atom. The largest absolute Gasteiger partial charge is 0.381 e. The topological polar surface area (TPSA) is 35.2 Å². The first-order chi connectivity index (χ1) is 7.06. The molecule has 1 saturated carbocycles. The van der Waals surface area contributed by atoms with Crippen molar-refractivity contribution in [3.05, 3.63) is 0 Å². The highest BCUT2D eigenvalue weighted by molar-refractivity contribution is 5.04. The number of hydrogen-bond donors (Lipinski definition) is 1. The van der Waals surface area contributed by atoms with Crippen LogP contribution in [-0.2, 0) is 4.74 Å². The molecule has 2 nitrogen and oxygen atoms in total. The van der Waals surface area contributed by atoms with Crippen LogP contribution in [0.3, 0.4) is 0 Å². The minimum Gasteiger partial charge on any atom is -0.381 e. The summed E-state index contributed by atoms with van der Waals surface area (Å²) in [6.45, 7) is 6.52. The Kier molecular flexibility index (Phi) is 3.09. The Labute approximate surface area is 93.6 Å². The SMILES string of the molecule is CC1(C)CCCCC1(N)C1CCCOC1. The van der Waals surface area contributed by atoms with Gasteiger partial charge in [-0.2, -0.15) is 0 Å². The van der Waals surface area contributed by atoms with Gasteiger partial charge in [-0.05, 0) is 31.1 Å². The van der Waals surface area contributed by atoms with Crippen LogP contribution in [-0.4, -0.2) is 18.8 Å². The molecule has 1 aliphatic heterocycles. The molecular formula is C13H25NO. The molecule has 2 aliphatic rings. The number of ether oxygens (including phenoxy) is 1.